The molecule has 1 atom stereocenters. The van der Waals surface area contributed by atoms with Crippen molar-refractivity contribution < 1.29 is 14.4 Å². The summed E-state index contributed by atoms with van der Waals surface area (Å²) < 4.78 is 0. The average molecular weight is 288 g/mol. The molecule has 1 fully saturated rings. The highest BCUT2D eigenvalue weighted by molar-refractivity contribution is 6.10. The molecule has 7 heteroatoms. The quantitative estimate of drug-likeness (QED) is 0.711. The van der Waals surface area contributed by atoms with Crippen LogP contribution in [-0.4, -0.2) is 59.7 Å². The number of para-hydroxylation sites is 1. The molecule has 0 aliphatic carbocycles. The third-order valence-electron chi connectivity index (χ3n) is 3.89. The minimum absolute atomic E-state index is 0.0947. The molecule has 110 valence electrons. The van der Waals surface area contributed by atoms with E-state index in [0.29, 0.717) is 24.3 Å². The highest BCUT2D eigenvalue weighted by Crippen LogP contribution is 2.25. The van der Waals surface area contributed by atoms with Gasteiger partial charge < -0.3 is 20.9 Å². The SMILES string of the molecule is NCC(=O)N1CCN2C(=O)c3ccccc3NC(=O)[C@@H]2C1. The third kappa shape index (κ3) is 2.25. The Morgan fingerprint density at radius 1 is 1.29 bits per heavy atom. The Hall–Kier alpha value is -2.41. The zero-order chi connectivity index (χ0) is 15.0. The summed E-state index contributed by atoms with van der Waals surface area (Å²) in [7, 11) is 0. The monoisotopic (exact) mass is 288 g/mol. The molecule has 3 N–H and O–H groups in total. The van der Waals surface area contributed by atoms with Gasteiger partial charge in [-0.25, -0.2) is 0 Å². The van der Waals surface area contributed by atoms with Crippen LogP contribution in [0, 0.1) is 0 Å². The van der Waals surface area contributed by atoms with E-state index in [1.165, 1.54) is 9.80 Å². The molecule has 2 heterocycles. The minimum atomic E-state index is -0.672. The van der Waals surface area contributed by atoms with E-state index >= 15 is 0 Å². The lowest BCUT2D eigenvalue weighted by Crippen LogP contribution is -2.60. The molecule has 7 nitrogen and oxygen atoms in total. The Bertz CT molecular complexity index is 616. The topological polar surface area (TPSA) is 95.7 Å². The summed E-state index contributed by atoms with van der Waals surface area (Å²) in [5.41, 5.74) is 6.35. The maximum atomic E-state index is 12.6. The number of carbonyl (C=O) groups excluding carboxylic acids is 3. The van der Waals surface area contributed by atoms with Crippen molar-refractivity contribution in [3.8, 4) is 0 Å². The highest BCUT2D eigenvalue weighted by Gasteiger charge is 2.39. The smallest absolute Gasteiger partial charge is 0.256 e. The fraction of sp³-hybridized carbons (Fsp3) is 0.357. The van der Waals surface area contributed by atoms with Crippen LogP contribution in [0.25, 0.3) is 0 Å². The lowest BCUT2D eigenvalue weighted by atomic mass is 10.1. The van der Waals surface area contributed by atoms with Crippen LogP contribution in [0.15, 0.2) is 24.3 Å². The van der Waals surface area contributed by atoms with Crippen molar-refractivity contribution in [1.29, 1.82) is 0 Å². The van der Waals surface area contributed by atoms with E-state index in [2.05, 4.69) is 5.32 Å². The van der Waals surface area contributed by atoms with E-state index in [-0.39, 0.29) is 30.8 Å². The van der Waals surface area contributed by atoms with E-state index in [9.17, 15) is 14.4 Å². The number of benzene rings is 1. The second-order valence-corrected chi connectivity index (χ2v) is 5.09. The number of nitrogens with one attached hydrogen (secondary N) is 1. The largest absolute Gasteiger partial charge is 0.337 e. The maximum Gasteiger partial charge on any atom is 0.256 e. The van der Waals surface area contributed by atoms with Gasteiger partial charge in [0, 0.05) is 13.1 Å². The van der Waals surface area contributed by atoms with E-state index in [4.69, 9.17) is 5.73 Å². The molecule has 0 aromatic heterocycles. The predicted octanol–water partition coefficient (Wildman–Crippen LogP) is -0.750. The van der Waals surface area contributed by atoms with Gasteiger partial charge in [0.2, 0.25) is 11.8 Å². The van der Waals surface area contributed by atoms with Gasteiger partial charge in [-0.05, 0) is 12.1 Å². The fourth-order valence-electron chi connectivity index (χ4n) is 2.76. The number of hydrogen-bond acceptors (Lipinski definition) is 4. The Balaban J connectivity index is 1.92. The minimum Gasteiger partial charge on any atom is -0.337 e. The Morgan fingerprint density at radius 3 is 2.81 bits per heavy atom. The van der Waals surface area contributed by atoms with Crippen LogP contribution >= 0.6 is 0 Å². The van der Waals surface area contributed by atoms with Gasteiger partial charge in [-0.1, -0.05) is 12.1 Å². The molecule has 2 aliphatic heterocycles. The first-order valence-corrected chi connectivity index (χ1v) is 6.80. The van der Waals surface area contributed by atoms with Crippen molar-refractivity contribution in [3.05, 3.63) is 29.8 Å². The zero-order valence-electron chi connectivity index (χ0n) is 11.4. The van der Waals surface area contributed by atoms with Gasteiger partial charge in [0.1, 0.15) is 6.04 Å². The lowest BCUT2D eigenvalue weighted by Gasteiger charge is -2.39. The molecule has 0 spiro atoms. The molecular weight excluding hydrogens is 272 g/mol. The number of rotatable bonds is 1. The number of amides is 3. The van der Waals surface area contributed by atoms with E-state index in [0.717, 1.165) is 0 Å². The molecule has 1 aromatic rings. The molecule has 0 unspecified atom stereocenters. The average Bonchev–Trinajstić information content (AvgIpc) is 2.62. The van der Waals surface area contributed by atoms with Gasteiger partial charge in [-0.3, -0.25) is 14.4 Å². The Kier molecular flexibility index (Phi) is 3.34. The number of hydrogen-bond donors (Lipinski definition) is 2. The molecule has 0 bridgehead atoms. The summed E-state index contributed by atoms with van der Waals surface area (Å²) in [5, 5.41) is 2.76. The molecule has 3 rings (SSSR count). The van der Waals surface area contributed by atoms with Gasteiger partial charge in [0.05, 0.1) is 24.3 Å². The standard InChI is InChI=1S/C14H16N4O3/c15-7-12(19)17-5-6-18-11(8-17)13(20)16-10-4-2-1-3-9(10)14(18)21/h1-4,11H,5-8,15H2,(H,16,20)/t11-/m0/s1. The summed E-state index contributed by atoms with van der Waals surface area (Å²) in [6, 6.07) is 6.25. The van der Waals surface area contributed by atoms with Crippen LogP contribution in [0.5, 0.6) is 0 Å². The normalized spacial score (nSPS) is 21.3. The third-order valence-corrected chi connectivity index (χ3v) is 3.89. The van der Waals surface area contributed by atoms with Gasteiger partial charge in [0.25, 0.3) is 5.91 Å². The van der Waals surface area contributed by atoms with Crippen LogP contribution in [-0.2, 0) is 9.59 Å². The fourth-order valence-corrected chi connectivity index (χ4v) is 2.76. The van der Waals surface area contributed by atoms with Crippen LogP contribution in [0.1, 0.15) is 10.4 Å². The number of anilines is 1. The van der Waals surface area contributed by atoms with Crippen LogP contribution in [0.2, 0.25) is 0 Å². The molecule has 3 amide bonds. The van der Waals surface area contributed by atoms with Crippen molar-refractivity contribution in [1.82, 2.24) is 9.80 Å². The molecular formula is C14H16N4O3. The van der Waals surface area contributed by atoms with Gasteiger partial charge in [-0.2, -0.15) is 0 Å². The summed E-state index contributed by atoms with van der Waals surface area (Å²) in [6.07, 6.45) is 0. The van der Waals surface area contributed by atoms with Crippen molar-refractivity contribution in [2.45, 2.75) is 6.04 Å². The van der Waals surface area contributed by atoms with Crippen molar-refractivity contribution in [2.75, 3.05) is 31.5 Å². The Labute approximate surface area is 121 Å². The molecule has 1 aromatic carbocycles. The number of carbonyl (C=O) groups is 3. The Morgan fingerprint density at radius 2 is 2.05 bits per heavy atom. The zero-order valence-corrected chi connectivity index (χ0v) is 11.4. The molecule has 1 saturated heterocycles. The molecule has 0 saturated carbocycles. The van der Waals surface area contributed by atoms with Gasteiger partial charge in [-0.15, -0.1) is 0 Å². The summed E-state index contributed by atoms with van der Waals surface area (Å²) in [6.45, 7) is 0.814. The highest BCUT2D eigenvalue weighted by atomic mass is 16.2. The van der Waals surface area contributed by atoms with Gasteiger partial charge in [0.15, 0.2) is 0 Å². The van der Waals surface area contributed by atoms with Crippen molar-refractivity contribution >= 4 is 23.4 Å². The number of piperazine rings is 1. The summed E-state index contributed by atoms with van der Waals surface area (Å²) in [5.74, 6) is -0.673. The van der Waals surface area contributed by atoms with E-state index in [1.54, 1.807) is 24.3 Å². The summed E-state index contributed by atoms with van der Waals surface area (Å²) >= 11 is 0. The van der Waals surface area contributed by atoms with Crippen LogP contribution in [0.4, 0.5) is 5.69 Å². The van der Waals surface area contributed by atoms with E-state index < -0.39 is 6.04 Å². The summed E-state index contributed by atoms with van der Waals surface area (Å²) in [4.78, 5) is 39.7. The predicted molar refractivity (Wildman–Crippen MR) is 75.5 cm³/mol. The first-order valence-electron chi connectivity index (χ1n) is 6.80. The van der Waals surface area contributed by atoms with Crippen LogP contribution in [0.3, 0.4) is 0 Å². The maximum absolute atomic E-state index is 12.6. The van der Waals surface area contributed by atoms with E-state index in [1.807, 2.05) is 0 Å². The molecule has 21 heavy (non-hydrogen) atoms. The lowest BCUT2D eigenvalue weighted by molar-refractivity contribution is -0.134. The second-order valence-electron chi connectivity index (χ2n) is 5.09. The molecule has 0 radical (unpaired) electrons. The number of nitrogens with two attached hydrogens (primary N) is 1. The van der Waals surface area contributed by atoms with Crippen LogP contribution < -0.4 is 11.1 Å². The molecule has 2 aliphatic rings. The number of nitrogens with zero attached hydrogens (tertiary/aromatic N) is 2. The first kappa shape index (κ1) is 13.6. The van der Waals surface area contributed by atoms with Crippen molar-refractivity contribution in [2.24, 2.45) is 5.73 Å². The first-order chi connectivity index (χ1) is 10.1. The second kappa shape index (κ2) is 5.17. The van der Waals surface area contributed by atoms with Crippen molar-refractivity contribution in [3.63, 3.8) is 0 Å². The van der Waals surface area contributed by atoms with Gasteiger partial charge >= 0.3 is 0 Å². The number of fused-ring (bicyclic) bond motifs is 2.